The molecule has 0 atom stereocenters. The first-order valence-electron chi connectivity index (χ1n) is 5.89. The SMILES string of the molecule is CN(C)S(=O)(=O)c1ccc(Sc2ccc(O)cc2)cc1. The number of phenolic OH excluding ortho intramolecular Hbond substituents is 1. The molecule has 2 aromatic carbocycles. The lowest BCUT2D eigenvalue weighted by Gasteiger charge is -2.11. The van der Waals surface area contributed by atoms with Gasteiger partial charge >= 0.3 is 0 Å². The van der Waals surface area contributed by atoms with Gasteiger partial charge in [-0.25, -0.2) is 12.7 Å². The van der Waals surface area contributed by atoms with Gasteiger partial charge in [-0.15, -0.1) is 0 Å². The number of rotatable bonds is 4. The normalized spacial score (nSPS) is 11.8. The lowest BCUT2D eigenvalue weighted by molar-refractivity contribution is 0.475. The highest BCUT2D eigenvalue weighted by molar-refractivity contribution is 7.99. The Morgan fingerprint density at radius 1 is 0.900 bits per heavy atom. The van der Waals surface area contributed by atoms with E-state index in [1.165, 1.54) is 30.2 Å². The van der Waals surface area contributed by atoms with E-state index in [1.807, 2.05) is 12.1 Å². The third kappa shape index (κ3) is 3.33. The van der Waals surface area contributed by atoms with Crippen molar-refractivity contribution in [1.29, 1.82) is 0 Å². The predicted octanol–water partition coefficient (Wildman–Crippen LogP) is 2.79. The van der Waals surface area contributed by atoms with Crippen LogP contribution >= 0.6 is 11.8 Å². The molecule has 0 amide bonds. The van der Waals surface area contributed by atoms with E-state index in [9.17, 15) is 13.5 Å². The molecule has 2 rings (SSSR count). The second kappa shape index (κ2) is 5.87. The summed E-state index contributed by atoms with van der Waals surface area (Å²) in [5.41, 5.74) is 0. The molecule has 2 aromatic rings. The third-order valence-corrected chi connectivity index (χ3v) is 5.52. The molecular weight excluding hydrogens is 294 g/mol. The van der Waals surface area contributed by atoms with Gasteiger partial charge < -0.3 is 5.11 Å². The molecule has 0 saturated carbocycles. The van der Waals surface area contributed by atoms with E-state index in [0.717, 1.165) is 9.79 Å². The van der Waals surface area contributed by atoms with Crippen LogP contribution in [0.1, 0.15) is 0 Å². The zero-order valence-electron chi connectivity index (χ0n) is 11.1. The minimum absolute atomic E-state index is 0.224. The average molecular weight is 309 g/mol. The van der Waals surface area contributed by atoms with Gasteiger partial charge in [-0.3, -0.25) is 0 Å². The Kier molecular flexibility index (Phi) is 4.37. The van der Waals surface area contributed by atoms with Crippen molar-refractivity contribution in [1.82, 2.24) is 4.31 Å². The van der Waals surface area contributed by atoms with Gasteiger partial charge in [0.1, 0.15) is 5.75 Å². The Morgan fingerprint density at radius 3 is 1.80 bits per heavy atom. The van der Waals surface area contributed by atoms with Crippen molar-refractivity contribution in [3.05, 3.63) is 48.5 Å². The second-order valence-corrected chi connectivity index (χ2v) is 7.65. The van der Waals surface area contributed by atoms with Crippen LogP contribution in [0.3, 0.4) is 0 Å². The van der Waals surface area contributed by atoms with E-state index >= 15 is 0 Å². The van der Waals surface area contributed by atoms with Crippen LogP contribution < -0.4 is 0 Å². The maximum absolute atomic E-state index is 11.9. The van der Waals surface area contributed by atoms with E-state index in [2.05, 4.69) is 0 Å². The Morgan fingerprint density at radius 2 is 1.35 bits per heavy atom. The fraction of sp³-hybridized carbons (Fsp3) is 0.143. The lowest BCUT2D eigenvalue weighted by Crippen LogP contribution is -2.22. The van der Waals surface area contributed by atoms with E-state index in [0.29, 0.717) is 0 Å². The molecule has 0 bridgehead atoms. The van der Waals surface area contributed by atoms with Crippen molar-refractivity contribution < 1.29 is 13.5 Å². The van der Waals surface area contributed by atoms with Crippen LogP contribution in [-0.4, -0.2) is 31.9 Å². The number of benzene rings is 2. The van der Waals surface area contributed by atoms with E-state index < -0.39 is 10.0 Å². The number of hydrogen-bond donors (Lipinski definition) is 1. The lowest BCUT2D eigenvalue weighted by atomic mass is 10.3. The monoisotopic (exact) mass is 309 g/mol. The topological polar surface area (TPSA) is 57.6 Å². The summed E-state index contributed by atoms with van der Waals surface area (Å²) < 4.78 is 25.1. The summed E-state index contributed by atoms with van der Waals surface area (Å²) in [6.07, 6.45) is 0. The molecule has 0 fully saturated rings. The zero-order chi connectivity index (χ0) is 14.8. The number of sulfonamides is 1. The van der Waals surface area contributed by atoms with E-state index in [1.54, 1.807) is 36.4 Å². The molecule has 0 unspecified atom stereocenters. The summed E-state index contributed by atoms with van der Waals surface area (Å²) in [4.78, 5) is 2.19. The highest BCUT2D eigenvalue weighted by Crippen LogP contribution is 2.29. The predicted molar refractivity (Wildman–Crippen MR) is 79.5 cm³/mol. The first kappa shape index (κ1) is 14.9. The summed E-state index contributed by atoms with van der Waals surface area (Å²) in [5.74, 6) is 0.224. The molecule has 106 valence electrons. The van der Waals surface area contributed by atoms with Crippen LogP contribution in [0.15, 0.2) is 63.2 Å². The molecule has 20 heavy (non-hydrogen) atoms. The second-order valence-electron chi connectivity index (χ2n) is 4.35. The Bertz CT molecular complexity index is 677. The first-order chi connectivity index (χ1) is 9.39. The molecule has 4 nitrogen and oxygen atoms in total. The van der Waals surface area contributed by atoms with Crippen molar-refractivity contribution in [3.8, 4) is 5.75 Å². The van der Waals surface area contributed by atoms with Crippen LogP contribution in [0.2, 0.25) is 0 Å². The molecule has 0 heterocycles. The van der Waals surface area contributed by atoms with Crippen molar-refractivity contribution >= 4 is 21.8 Å². The molecule has 0 spiro atoms. The molecule has 0 aliphatic rings. The number of phenols is 1. The highest BCUT2D eigenvalue weighted by atomic mass is 32.2. The molecule has 1 N–H and O–H groups in total. The smallest absolute Gasteiger partial charge is 0.242 e. The van der Waals surface area contributed by atoms with Crippen molar-refractivity contribution in [3.63, 3.8) is 0 Å². The molecular formula is C14H15NO3S2. The van der Waals surface area contributed by atoms with Gasteiger partial charge in [0.2, 0.25) is 10.0 Å². The summed E-state index contributed by atoms with van der Waals surface area (Å²) in [5, 5.41) is 9.22. The minimum Gasteiger partial charge on any atom is -0.508 e. The van der Waals surface area contributed by atoms with Crippen LogP contribution in [0.4, 0.5) is 0 Å². The van der Waals surface area contributed by atoms with Crippen LogP contribution in [0.5, 0.6) is 5.75 Å². The Labute approximate surface area is 123 Å². The maximum atomic E-state index is 11.9. The third-order valence-electron chi connectivity index (χ3n) is 2.67. The molecule has 0 aromatic heterocycles. The van der Waals surface area contributed by atoms with Crippen molar-refractivity contribution in [2.45, 2.75) is 14.7 Å². The van der Waals surface area contributed by atoms with Crippen LogP contribution in [0.25, 0.3) is 0 Å². The Balaban J connectivity index is 2.19. The molecule has 0 aliphatic carbocycles. The van der Waals surface area contributed by atoms with Gasteiger partial charge in [0, 0.05) is 23.9 Å². The fourth-order valence-electron chi connectivity index (χ4n) is 1.54. The summed E-state index contributed by atoms with van der Waals surface area (Å²) >= 11 is 1.50. The van der Waals surface area contributed by atoms with E-state index in [4.69, 9.17) is 0 Å². The standard InChI is InChI=1S/C14H15NO3S2/c1-15(2)20(17,18)14-9-7-13(8-10-14)19-12-5-3-11(16)4-6-12/h3-10,16H,1-2H3. The average Bonchev–Trinajstić information content (AvgIpc) is 2.42. The van der Waals surface area contributed by atoms with E-state index in [-0.39, 0.29) is 10.6 Å². The molecule has 0 saturated heterocycles. The van der Waals surface area contributed by atoms with Crippen molar-refractivity contribution in [2.75, 3.05) is 14.1 Å². The number of hydrogen-bond acceptors (Lipinski definition) is 4. The van der Waals surface area contributed by atoms with Gasteiger partial charge in [0.15, 0.2) is 0 Å². The number of nitrogens with zero attached hydrogens (tertiary/aromatic N) is 1. The van der Waals surface area contributed by atoms with Gasteiger partial charge in [0.25, 0.3) is 0 Å². The largest absolute Gasteiger partial charge is 0.508 e. The highest BCUT2D eigenvalue weighted by Gasteiger charge is 2.16. The first-order valence-corrected chi connectivity index (χ1v) is 8.15. The van der Waals surface area contributed by atoms with Gasteiger partial charge in [0.05, 0.1) is 4.90 Å². The summed E-state index contributed by atoms with van der Waals surface area (Å²) in [6.45, 7) is 0. The van der Waals surface area contributed by atoms with Crippen LogP contribution in [-0.2, 0) is 10.0 Å². The minimum atomic E-state index is -3.38. The molecule has 0 radical (unpaired) electrons. The van der Waals surface area contributed by atoms with Gasteiger partial charge in [-0.2, -0.15) is 0 Å². The summed E-state index contributed by atoms with van der Waals surface area (Å²) in [7, 11) is -0.364. The number of aromatic hydroxyl groups is 1. The quantitative estimate of drug-likeness (QED) is 0.943. The molecule has 6 heteroatoms. The zero-order valence-corrected chi connectivity index (χ0v) is 12.8. The summed E-state index contributed by atoms with van der Waals surface area (Å²) in [6, 6.07) is 13.6. The maximum Gasteiger partial charge on any atom is 0.242 e. The van der Waals surface area contributed by atoms with Gasteiger partial charge in [-0.05, 0) is 48.5 Å². The van der Waals surface area contributed by atoms with Gasteiger partial charge in [-0.1, -0.05) is 11.8 Å². The fourth-order valence-corrected chi connectivity index (χ4v) is 3.26. The molecule has 0 aliphatic heterocycles. The van der Waals surface area contributed by atoms with Crippen molar-refractivity contribution in [2.24, 2.45) is 0 Å². The Hall–Kier alpha value is -1.50. The van der Waals surface area contributed by atoms with Crippen LogP contribution in [0, 0.1) is 0 Å².